The fourth-order valence-corrected chi connectivity index (χ4v) is 2.53. The number of nitrogens with one attached hydrogen (secondary N) is 1. The third-order valence-corrected chi connectivity index (χ3v) is 3.84. The molecule has 1 heterocycles. The Morgan fingerprint density at radius 3 is 2.32 bits per heavy atom. The van der Waals surface area contributed by atoms with Gasteiger partial charge in [0, 0.05) is 37.0 Å². The van der Waals surface area contributed by atoms with Crippen molar-refractivity contribution in [2.45, 2.75) is 0 Å². The Morgan fingerprint density at radius 2 is 1.55 bits per heavy atom. The summed E-state index contributed by atoms with van der Waals surface area (Å²) in [4.78, 5) is 9.19. The Balaban J connectivity index is 1.99. The number of nitrogens with zero attached hydrogens (tertiary/aromatic N) is 3. The van der Waals surface area contributed by atoms with Crippen molar-refractivity contribution in [1.82, 2.24) is 9.80 Å². The van der Waals surface area contributed by atoms with Crippen LogP contribution in [0.1, 0.15) is 0 Å². The molecule has 2 aromatic rings. The van der Waals surface area contributed by atoms with E-state index in [-0.39, 0.29) is 0 Å². The molecule has 0 aliphatic carbocycles. The highest BCUT2D eigenvalue weighted by molar-refractivity contribution is 6.03. The highest BCUT2D eigenvalue weighted by Crippen LogP contribution is 2.37. The molecule has 3 rings (SSSR count). The molecule has 0 amide bonds. The smallest absolute Gasteiger partial charge is 0.203 e. The van der Waals surface area contributed by atoms with Gasteiger partial charge in [0.25, 0.3) is 0 Å². The number of rotatable bonds is 3. The zero-order valence-corrected chi connectivity index (χ0v) is 13.4. The molecule has 1 N–H and O–H groups in total. The zero-order valence-electron chi connectivity index (χ0n) is 13.4. The van der Waals surface area contributed by atoms with Crippen molar-refractivity contribution < 1.29 is 0 Å². The van der Waals surface area contributed by atoms with Gasteiger partial charge in [0.1, 0.15) is 0 Å². The number of fused-ring (bicyclic) bond motifs is 3. The molecule has 4 nitrogen and oxygen atoms in total. The molecule has 1 aliphatic heterocycles. The van der Waals surface area contributed by atoms with Gasteiger partial charge in [-0.1, -0.05) is 36.4 Å². The van der Waals surface area contributed by atoms with Crippen LogP contribution in [0.2, 0.25) is 0 Å². The van der Waals surface area contributed by atoms with Gasteiger partial charge in [-0.25, -0.2) is 4.99 Å². The maximum atomic E-state index is 4.84. The molecule has 0 aromatic heterocycles. The summed E-state index contributed by atoms with van der Waals surface area (Å²) < 4.78 is 0. The van der Waals surface area contributed by atoms with E-state index in [0.717, 1.165) is 30.4 Å². The summed E-state index contributed by atoms with van der Waals surface area (Å²) in [5.41, 5.74) is 4.47. The second-order valence-corrected chi connectivity index (χ2v) is 5.85. The van der Waals surface area contributed by atoms with Gasteiger partial charge >= 0.3 is 0 Å². The van der Waals surface area contributed by atoms with Crippen LogP contribution in [0, 0.1) is 0 Å². The summed E-state index contributed by atoms with van der Waals surface area (Å²) in [6.45, 7) is 1.91. The van der Waals surface area contributed by atoms with Gasteiger partial charge in [0.05, 0.1) is 5.69 Å². The minimum atomic E-state index is 0.888. The lowest BCUT2D eigenvalue weighted by molar-refractivity contribution is 0.357. The fraction of sp³-hybridized carbons (Fsp3) is 0.278. The Morgan fingerprint density at radius 1 is 0.864 bits per heavy atom. The van der Waals surface area contributed by atoms with E-state index in [4.69, 9.17) is 4.99 Å². The van der Waals surface area contributed by atoms with Crippen molar-refractivity contribution in [1.29, 1.82) is 0 Å². The largest absolute Gasteiger partial charge is 0.344 e. The highest BCUT2D eigenvalue weighted by Gasteiger charge is 2.17. The van der Waals surface area contributed by atoms with Crippen LogP contribution in [0.4, 0.5) is 11.4 Å². The lowest BCUT2D eigenvalue weighted by Crippen LogP contribution is -2.37. The van der Waals surface area contributed by atoms with Crippen LogP contribution in [0.15, 0.2) is 53.5 Å². The molecule has 0 unspecified atom stereocenters. The fourth-order valence-electron chi connectivity index (χ4n) is 2.53. The average molecular weight is 294 g/mol. The molecule has 22 heavy (non-hydrogen) atoms. The van der Waals surface area contributed by atoms with Crippen molar-refractivity contribution >= 4 is 17.3 Å². The summed E-state index contributed by atoms with van der Waals surface area (Å²) >= 11 is 0. The van der Waals surface area contributed by atoms with E-state index in [0.29, 0.717) is 0 Å². The predicted molar refractivity (Wildman–Crippen MR) is 93.8 cm³/mol. The van der Waals surface area contributed by atoms with Crippen LogP contribution >= 0.6 is 0 Å². The number of aliphatic imine (C=N–C) groups is 1. The van der Waals surface area contributed by atoms with Crippen LogP contribution in [-0.4, -0.2) is 50.0 Å². The Bertz CT molecular complexity index is 691. The SMILES string of the molecule is CN(C)CCN(C)C1=Nc2ccccc2-c2ccccc2N1. The second-order valence-electron chi connectivity index (χ2n) is 5.85. The Labute approximate surface area is 132 Å². The van der Waals surface area contributed by atoms with Gasteiger partial charge in [-0.05, 0) is 26.2 Å². The van der Waals surface area contributed by atoms with Gasteiger partial charge in [-0.2, -0.15) is 0 Å². The van der Waals surface area contributed by atoms with E-state index in [1.54, 1.807) is 0 Å². The van der Waals surface area contributed by atoms with Gasteiger partial charge in [0.15, 0.2) is 0 Å². The maximum Gasteiger partial charge on any atom is 0.203 e. The zero-order chi connectivity index (χ0) is 15.5. The van der Waals surface area contributed by atoms with Crippen molar-refractivity contribution in [3.63, 3.8) is 0 Å². The van der Waals surface area contributed by atoms with E-state index < -0.39 is 0 Å². The van der Waals surface area contributed by atoms with Gasteiger partial charge in [-0.3, -0.25) is 0 Å². The van der Waals surface area contributed by atoms with Crippen molar-refractivity contribution in [3.8, 4) is 11.1 Å². The van der Waals surface area contributed by atoms with E-state index in [1.165, 1.54) is 11.1 Å². The first-order valence-electron chi connectivity index (χ1n) is 7.55. The lowest BCUT2D eigenvalue weighted by atomic mass is 10.0. The molecular formula is C18H22N4. The summed E-state index contributed by atoms with van der Waals surface area (Å²) in [5, 5.41) is 3.49. The summed E-state index contributed by atoms with van der Waals surface area (Å²) in [7, 11) is 6.24. The first kappa shape index (κ1) is 14.6. The summed E-state index contributed by atoms with van der Waals surface area (Å²) in [5.74, 6) is 0.888. The number of para-hydroxylation sites is 2. The minimum Gasteiger partial charge on any atom is -0.344 e. The first-order chi connectivity index (χ1) is 10.6. The monoisotopic (exact) mass is 294 g/mol. The first-order valence-corrected chi connectivity index (χ1v) is 7.55. The molecule has 114 valence electrons. The molecule has 0 saturated heterocycles. The standard InChI is InChI=1S/C18H22N4/c1-21(2)12-13-22(3)18-19-16-10-6-4-8-14(16)15-9-5-7-11-17(15)20-18/h4-11H,12-13H2,1-3H3,(H,19,20). The van der Waals surface area contributed by atoms with Crippen molar-refractivity contribution in [3.05, 3.63) is 48.5 Å². The van der Waals surface area contributed by atoms with E-state index in [2.05, 4.69) is 78.7 Å². The molecule has 0 fully saturated rings. The van der Waals surface area contributed by atoms with E-state index in [1.807, 2.05) is 6.07 Å². The minimum absolute atomic E-state index is 0.888. The number of likely N-dealkylation sites (N-methyl/N-ethyl adjacent to an activating group) is 2. The highest BCUT2D eigenvalue weighted by atomic mass is 15.3. The molecule has 0 spiro atoms. The topological polar surface area (TPSA) is 30.9 Å². The number of anilines is 1. The normalized spacial score (nSPS) is 12.8. The van der Waals surface area contributed by atoms with Crippen LogP contribution in [0.25, 0.3) is 11.1 Å². The lowest BCUT2D eigenvalue weighted by Gasteiger charge is -2.23. The average Bonchev–Trinajstić information content (AvgIpc) is 2.69. The number of hydrogen-bond donors (Lipinski definition) is 1. The van der Waals surface area contributed by atoms with E-state index >= 15 is 0 Å². The van der Waals surface area contributed by atoms with Crippen LogP contribution in [-0.2, 0) is 0 Å². The van der Waals surface area contributed by atoms with Crippen molar-refractivity contribution in [2.24, 2.45) is 4.99 Å². The number of guanidine groups is 1. The van der Waals surface area contributed by atoms with Crippen LogP contribution in [0.5, 0.6) is 0 Å². The molecule has 0 bridgehead atoms. The molecule has 0 radical (unpaired) electrons. The molecule has 2 aromatic carbocycles. The van der Waals surface area contributed by atoms with Crippen molar-refractivity contribution in [2.75, 3.05) is 39.5 Å². The second kappa shape index (κ2) is 6.20. The molecule has 0 saturated carbocycles. The third-order valence-electron chi connectivity index (χ3n) is 3.84. The molecule has 1 aliphatic rings. The number of hydrogen-bond acceptors (Lipinski definition) is 4. The third kappa shape index (κ3) is 2.97. The summed E-state index contributed by atoms with van der Waals surface area (Å²) in [6.07, 6.45) is 0. The number of benzene rings is 2. The van der Waals surface area contributed by atoms with Crippen LogP contribution < -0.4 is 5.32 Å². The Hall–Kier alpha value is -2.33. The molecule has 0 atom stereocenters. The maximum absolute atomic E-state index is 4.84. The molecular weight excluding hydrogens is 272 g/mol. The van der Waals surface area contributed by atoms with Gasteiger partial charge in [-0.15, -0.1) is 0 Å². The van der Waals surface area contributed by atoms with Crippen LogP contribution in [0.3, 0.4) is 0 Å². The molecule has 4 heteroatoms. The van der Waals surface area contributed by atoms with E-state index in [9.17, 15) is 0 Å². The summed E-state index contributed by atoms with van der Waals surface area (Å²) in [6, 6.07) is 16.7. The van der Waals surface area contributed by atoms with Gasteiger partial charge in [0.2, 0.25) is 5.96 Å². The predicted octanol–water partition coefficient (Wildman–Crippen LogP) is 3.26. The quantitative estimate of drug-likeness (QED) is 0.942. The Kier molecular flexibility index (Phi) is 4.11. The van der Waals surface area contributed by atoms with Gasteiger partial charge < -0.3 is 15.1 Å².